The lowest BCUT2D eigenvalue weighted by molar-refractivity contribution is 0.102. The number of ether oxygens (including phenoxy) is 2. The summed E-state index contributed by atoms with van der Waals surface area (Å²) in [6, 6.07) is 8.55. The van der Waals surface area contributed by atoms with Crippen molar-refractivity contribution in [3.8, 4) is 11.5 Å². The minimum atomic E-state index is -0.301. The van der Waals surface area contributed by atoms with Crippen LogP contribution in [0.2, 0.25) is 10.0 Å². The van der Waals surface area contributed by atoms with Crippen LogP contribution in [0.4, 0.5) is 5.69 Å². The molecule has 134 valence electrons. The smallest absolute Gasteiger partial charge is 0.255 e. The molecule has 4 nitrogen and oxygen atoms in total. The van der Waals surface area contributed by atoms with Crippen LogP contribution >= 0.6 is 23.2 Å². The Labute approximate surface area is 158 Å². The zero-order valence-corrected chi connectivity index (χ0v) is 16.0. The molecular formula is C19H21Cl2NO3. The van der Waals surface area contributed by atoms with E-state index in [1.165, 1.54) is 0 Å². The fourth-order valence-corrected chi connectivity index (χ4v) is 2.63. The molecule has 2 rings (SSSR count). The number of hydrogen-bond donors (Lipinski definition) is 1. The molecule has 0 heterocycles. The minimum absolute atomic E-state index is 0.301. The molecule has 0 aliphatic heterocycles. The van der Waals surface area contributed by atoms with Gasteiger partial charge in [-0.3, -0.25) is 4.79 Å². The van der Waals surface area contributed by atoms with E-state index in [2.05, 4.69) is 5.32 Å². The molecule has 1 N–H and O–H groups in total. The van der Waals surface area contributed by atoms with Crippen LogP contribution in [0.1, 0.15) is 36.2 Å². The van der Waals surface area contributed by atoms with Crippen LogP contribution in [0.5, 0.6) is 11.5 Å². The van der Waals surface area contributed by atoms with Crippen LogP contribution in [0.3, 0.4) is 0 Å². The van der Waals surface area contributed by atoms with Gasteiger partial charge >= 0.3 is 0 Å². The van der Waals surface area contributed by atoms with Crippen molar-refractivity contribution in [1.29, 1.82) is 0 Å². The molecule has 0 fully saturated rings. The Morgan fingerprint density at radius 3 is 2.48 bits per heavy atom. The molecule has 0 aliphatic rings. The molecule has 1 amide bonds. The highest BCUT2D eigenvalue weighted by Gasteiger charge is 2.16. The number of carbonyl (C=O) groups is 1. The zero-order valence-electron chi connectivity index (χ0n) is 14.5. The lowest BCUT2D eigenvalue weighted by Gasteiger charge is -2.15. The number of halogens is 2. The second kappa shape index (κ2) is 8.97. The SMILES string of the molecule is CCCOc1c(Cl)cc(C(=O)Nc2ccc(C)c(Cl)c2)cc1OCC. The van der Waals surface area contributed by atoms with E-state index in [0.29, 0.717) is 46.0 Å². The summed E-state index contributed by atoms with van der Waals surface area (Å²) in [7, 11) is 0. The monoisotopic (exact) mass is 381 g/mol. The van der Waals surface area contributed by atoms with Crippen LogP contribution in [-0.4, -0.2) is 19.1 Å². The van der Waals surface area contributed by atoms with Crippen LogP contribution < -0.4 is 14.8 Å². The molecule has 0 spiro atoms. The van der Waals surface area contributed by atoms with Gasteiger partial charge < -0.3 is 14.8 Å². The average Bonchev–Trinajstić information content (AvgIpc) is 2.57. The van der Waals surface area contributed by atoms with Crippen molar-refractivity contribution in [1.82, 2.24) is 0 Å². The number of rotatable bonds is 7. The first-order valence-corrected chi connectivity index (χ1v) is 8.88. The van der Waals surface area contributed by atoms with E-state index in [1.54, 1.807) is 24.3 Å². The van der Waals surface area contributed by atoms with Gasteiger partial charge in [-0.25, -0.2) is 0 Å². The number of benzene rings is 2. The van der Waals surface area contributed by atoms with E-state index < -0.39 is 0 Å². The van der Waals surface area contributed by atoms with Gasteiger partial charge in [-0.2, -0.15) is 0 Å². The van der Waals surface area contributed by atoms with Gasteiger partial charge in [0.15, 0.2) is 11.5 Å². The summed E-state index contributed by atoms with van der Waals surface area (Å²) >= 11 is 12.4. The summed E-state index contributed by atoms with van der Waals surface area (Å²) in [6.45, 7) is 6.73. The quantitative estimate of drug-likeness (QED) is 0.664. The third-order valence-corrected chi connectivity index (χ3v) is 4.14. The molecular weight excluding hydrogens is 361 g/mol. The summed E-state index contributed by atoms with van der Waals surface area (Å²) in [5.41, 5.74) is 1.94. The third kappa shape index (κ3) is 5.03. The maximum Gasteiger partial charge on any atom is 0.255 e. The highest BCUT2D eigenvalue weighted by molar-refractivity contribution is 6.33. The number of anilines is 1. The normalized spacial score (nSPS) is 10.4. The van der Waals surface area contributed by atoms with Crippen molar-refractivity contribution in [2.45, 2.75) is 27.2 Å². The zero-order chi connectivity index (χ0) is 18.4. The van der Waals surface area contributed by atoms with E-state index in [1.807, 2.05) is 26.8 Å². The van der Waals surface area contributed by atoms with Gasteiger partial charge in [0.1, 0.15) is 0 Å². The highest BCUT2D eigenvalue weighted by Crippen LogP contribution is 2.37. The highest BCUT2D eigenvalue weighted by atomic mass is 35.5. The molecule has 0 unspecified atom stereocenters. The van der Waals surface area contributed by atoms with Crippen molar-refractivity contribution in [3.63, 3.8) is 0 Å². The molecule has 0 radical (unpaired) electrons. The van der Waals surface area contributed by atoms with Crippen molar-refractivity contribution in [2.75, 3.05) is 18.5 Å². The van der Waals surface area contributed by atoms with Crippen molar-refractivity contribution in [2.24, 2.45) is 0 Å². The van der Waals surface area contributed by atoms with Crippen molar-refractivity contribution >= 4 is 34.8 Å². The Morgan fingerprint density at radius 1 is 1.08 bits per heavy atom. The molecule has 6 heteroatoms. The number of aryl methyl sites for hydroxylation is 1. The molecule has 2 aromatic rings. The topological polar surface area (TPSA) is 47.6 Å². The number of carbonyl (C=O) groups excluding carboxylic acids is 1. The van der Waals surface area contributed by atoms with Gasteiger partial charge in [0.05, 0.1) is 18.2 Å². The van der Waals surface area contributed by atoms with E-state index >= 15 is 0 Å². The molecule has 0 aromatic heterocycles. The number of hydrogen-bond acceptors (Lipinski definition) is 3. The third-order valence-electron chi connectivity index (χ3n) is 3.45. The van der Waals surface area contributed by atoms with Crippen molar-refractivity contribution < 1.29 is 14.3 Å². The van der Waals surface area contributed by atoms with Crippen molar-refractivity contribution in [3.05, 3.63) is 51.5 Å². The Balaban J connectivity index is 2.27. The van der Waals surface area contributed by atoms with Gasteiger partial charge in [0.25, 0.3) is 5.91 Å². The molecule has 2 aromatic carbocycles. The van der Waals surface area contributed by atoms with Crippen LogP contribution in [-0.2, 0) is 0 Å². The summed E-state index contributed by atoms with van der Waals surface area (Å²) in [6.07, 6.45) is 0.846. The standard InChI is InChI=1S/C19H21Cl2NO3/c1-4-8-25-18-16(21)9-13(10-17(18)24-5-2)19(23)22-14-7-6-12(3)15(20)11-14/h6-7,9-11H,4-5,8H2,1-3H3,(H,22,23). The predicted octanol–water partition coefficient (Wildman–Crippen LogP) is 5.74. The van der Waals surface area contributed by atoms with E-state index in [9.17, 15) is 4.79 Å². The molecule has 0 aliphatic carbocycles. The Morgan fingerprint density at radius 2 is 1.84 bits per heavy atom. The first kappa shape index (κ1) is 19.4. The Bertz CT molecular complexity index is 763. The number of amides is 1. The van der Waals surface area contributed by atoms with Gasteiger partial charge in [0, 0.05) is 16.3 Å². The van der Waals surface area contributed by atoms with Gasteiger partial charge in [-0.05, 0) is 50.1 Å². The van der Waals surface area contributed by atoms with Crippen LogP contribution in [0, 0.1) is 6.92 Å². The summed E-state index contributed by atoms with van der Waals surface area (Å²) in [5, 5.41) is 3.74. The Hall–Kier alpha value is -1.91. The van der Waals surface area contributed by atoms with Gasteiger partial charge in [0.2, 0.25) is 0 Å². The lowest BCUT2D eigenvalue weighted by Crippen LogP contribution is -2.13. The molecule has 25 heavy (non-hydrogen) atoms. The maximum atomic E-state index is 12.5. The van der Waals surface area contributed by atoms with E-state index in [-0.39, 0.29) is 5.91 Å². The van der Waals surface area contributed by atoms with E-state index in [4.69, 9.17) is 32.7 Å². The first-order valence-electron chi connectivity index (χ1n) is 8.12. The van der Waals surface area contributed by atoms with Gasteiger partial charge in [-0.15, -0.1) is 0 Å². The second-order valence-corrected chi connectivity index (χ2v) is 6.30. The number of nitrogens with one attached hydrogen (secondary N) is 1. The fraction of sp³-hybridized carbons (Fsp3) is 0.316. The van der Waals surface area contributed by atoms with E-state index in [0.717, 1.165) is 12.0 Å². The van der Waals surface area contributed by atoms with Crippen LogP contribution in [0.15, 0.2) is 30.3 Å². The van der Waals surface area contributed by atoms with Gasteiger partial charge in [-0.1, -0.05) is 36.2 Å². The minimum Gasteiger partial charge on any atom is -0.490 e. The van der Waals surface area contributed by atoms with Crippen LogP contribution in [0.25, 0.3) is 0 Å². The first-order chi connectivity index (χ1) is 12.0. The summed E-state index contributed by atoms with van der Waals surface area (Å²) in [4.78, 5) is 12.5. The average molecular weight is 382 g/mol. The lowest BCUT2D eigenvalue weighted by atomic mass is 10.1. The largest absolute Gasteiger partial charge is 0.490 e. The molecule has 0 saturated heterocycles. The molecule has 0 atom stereocenters. The Kier molecular flexibility index (Phi) is 6.97. The maximum absolute atomic E-state index is 12.5. The second-order valence-electron chi connectivity index (χ2n) is 5.48. The summed E-state index contributed by atoms with van der Waals surface area (Å²) < 4.78 is 11.2. The predicted molar refractivity (Wildman–Crippen MR) is 103 cm³/mol. The fourth-order valence-electron chi connectivity index (χ4n) is 2.18. The molecule has 0 bridgehead atoms. The molecule has 0 saturated carbocycles. The summed E-state index contributed by atoms with van der Waals surface area (Å²) in [5.74, 6) is 0.612.